The van der Waals surface area contributed by atoms with Crippen molar-refractivity contribution in [2.24, 2.45) is 11.8 Å². The molecule has 0 radical (unpaired) electrons. The zero-order valence-electron chi connectivity index (χ0n) is 11.6. The van der Waals surface area contributed by atoms with Crippen LogP contribution in [0.4, 0.5) is 0 Å². The Morgan fingerprint density at radius 1 is 1.50 bits per heavy atom. The maximum atomic E-state index is 11.9. The lowest BCUT2D eigenvalue weighted by atomic mass is 9.96. The van der Waals surface area contributed by atoms with Gasteiger partial charge in [-0.2, -0.15) is 0 Å². The molecule has 1 heterocycles. The maximum absolute atomic E-state index is 11.9. The van der Waals surface area contributed by atoms with Crippen molar-refractivity contribution < 1.29 is 9.59 Å². The van der Waals surface area contributed by atoms with Gasteiger partial charge in [0.25, 0.3) is 0 Å². The van der Waals surface area contributed by atoms with Crippen LogP contribution in [0.5, 0.6) is 0 Å². The van der Waals surface area contributed by atoms with E-state index >= 15 is 0 Å². The molecule has 1 saturated heterocycles. The van der Waals surface area contributed by atoms with Crippen molar-refractivity contribution in [2.75, 3.05) is 13.1 Å². The lowest BCUT2D eigenvalue weighted by molar-refractivity contribution is -0.129. The summed E-state index contributed by atoms with van der Waals surface area (Å²) in [6.45, 7) is 5.64. The fourth-order valence-electron chi connectivity index (χ4n) is 2.29. The number of hydrogen-bond donors (Lipinski definition) is 2. The predicted octanol–water partition coefficient (Wildman–Crippen LogP) is 1.85. The summed E-state index contributed by atoms with van der Waals surface area (Å²) >= 11 is 0. The maximum Gasteiger partial charge on any atom is 0.224 e. The first kappa shape index (κ1) is 15.0. The Balaban J connectivity index is 2.24. The summed E-state index contributed by atoms with van der Waals surface area (Å²) in [5, 5.41) is 5.79. The second kappa shape index (κ2) is 8.11. The van der Waals surface area contributed by atoms with E-state index < -0.39 is 0 Å². The molecular formula is C14H26N2O2. The van der Waals surface area contributed by atoms with Gasteiger partial charge in [0.05, 0.1) is 5.92 Å². The fourth-order valence-corrected chi connectivity index (χ4v) is 2.29. The first-order chi connectivity index (χ1) is 8.67. The van der Waals surface area contributed by atoms with Crippen molar-refractivity contribution >= 4 is 11.8 Å². The molecule has 1 fully saturated rings. The zero-order valence-corrected chi connectivity index (χ0v) is 11.6. The molecule has 104 valence electrons. The van der Waals surface area contributed by atoms with E-state index in [0.29, 0.717) is 25.3 Å². The number of carbonyl (C=O) groups is 2. The summed E-state index contributed by atoms with van der Waals surface area (Å²) in [6, 6.07) is 0. The third-order valence-corrected chi connectivity index (χ3v) is 3.74. The number of carbonyl (C=O) groups excluding carboxylic acids is 2. The summed E-state index contributed by atoms with van der Waals surface area (Å²) in [4.78, 5) is 23.0. The van der Waals surface area contributed by atoms with E-state index in [4.69, 9.17) is 0 Å². The average molecular weight is 254 g/mol. The van der Waals surface area contributed by atoms with Crippen LogP contribution in [0.25, 0.3) is 0 Å². The molecule has 1 aliphatic heterocycles. The summed E-state index contributed by atoms with van der Waals surface area (Å²) in [7, 11) is 0. The van der Waals surface area contributed by atoms with Crippen molar-refractivity contribution in [2.45, 2.75) is 52.4 Å². The van der Waals surface area contributed by atoms with Gasteiger partial charge in [-0.3, -0.25) is 9.59 Å². The molecule has 18 heavy (non-hydrogen) atoms. The monoisotopic (exact) mass is 254 g/mol. The van der Waals surface area contributed by atoms with Crippen LogP contribution < -0.4 is 10.6 Å². The van der Waals surface area contributed by atoms with Crippen molar-refractivity contribution in [3.05, 3.63) is 0 Å². The summed E-state index contributed by atoms with van der Waals surface area (Å²) in [5.74, 6) is 0.719. The van der Waals surface area contributed by atoms with Gasteiger partial charge < -0.3 is 10.6 Å². The smallest absolute Gasteiger partial charge is 0.224 e. The molecule has 0 aromatic rings. The summed E-state index contributed by atoms with van der Waals surface area (Å²) < 4.78 is 0. The van der Waals surface area contributed by atoms with E-state index in [2.05, 4.69) is 24.5 Å². The standard InChI is InChI=1S/C14H26N2O2/c1-3-5-6-11(4-2)9-16-14(18)12-7-8-13(17)15-10-12/h11-12H,3-10H2,1-2H3,(H,15,17)(H,16,18). The Bertz CT molecular complexity index is 269. The van der Waals surface area contributed by atoms with Gasteiger partial charge in [-0.05, 0) is 18.8 Å². The van der Waals surface area contributed by atoms with Crippen LogP contribution >= 0.6 is 0 Å². The van der Waals surface area contributed by atoms with E-state index in [1.54, 1.807) is 0 Å². The van der Waals surface area contributed by atoms with Crippen LogP contribution in [0.2, 0.25) is 0 Å². The molecule has 0 spiro atoms. The van der Waals surface area contributed by atoms with Gasteiger partial charge in [-0.15, -0.1) is 0 Å². The Hall–Kier alpha value is -1.06. The van der Waals surface area contributed by atoms with E-state index in [-0.39, 0.29) is 17.7 Å². The molecular weight excluding hydrogens is 228 g/mol. The minimum absolute atomic E-state index is 0.0358. The zero-order chi connectivity index (χ0) is 13.4. The van der Waals surface area contributed by atoms with Crippen LogP contribution in [-0.2, 0) is 9.59 Å². The van der Waals surface area contributed by atoms with Crippen LogP contribution in [0.1, 0.15) is 52.4 Å². The van der Waals surface area contributed by atoms with Gasteiger partial charge in [0.15, 0.2) is 0 Å². The van der Waals surface area contributed by atoms with Gasteiger partial charge in [0, 0.05) is 19.5 Å². The molecule has 2 N–H and O–H groups in total. The Morgan fingerprint density at radius 2 is 2.28 bits per heavy atom. The number of amides is 2. The first-order valence-electron chi connectivity index (χ1n) is 7.21. The predicted molar refractivity (Wildman–Crippen MR) is 72.0 cm³/mol. The van der Waals surface area contributed by atoms with Crippen LogP contribution in [0, 0.1) is 11.8 Å². The summed E-state index contributed by atoms with van der Waals surface area (Å²) in [5.41, 5.74) is 0. The molecule has 1 rings (SSSR count). The van der Waals surface area contributed by atoms with Crippen LogP contribution in [0.15, 0.2) is 0 Å². The molecule has 1 aliphatic rings. The second-order valence-electron chi connectivity index (χ2n) is 5.20. The normalized spacial score (nSPS) is 21.2. The van der Waals surface area contributed by atoms with E-state index in [1.807, 2.05) is 0 Å². The third-order valence-electron chi connectivity index (χ3n) is 3.74. The average Bonchev–Trinajstić information content (AvgIpc) is 2.39. The molecule has 0 aromatic carbocycles. The fraction of sp³-hybridized carbons (Fsp3) is 0.857. The Kier molecular flexibility index (Phi) is 6.76. The Labute approximate surface area is 110 Å². The first-order valence-corrected chi connectivity index (χ1v) is 7.21. The molecule has 4 heteroatoms. The van der Waals surface area contributed by atoms with Gasteiger partial charge >= 0.3 is 0 Å². The highest BCUT2D eigenvalue weighted by atomic mass is 16.2. The summed E-state index contributed by atoms with van der Waals surface area (Å²) in [6.07, 6.45) is 5.90. The molecule has 0 aliphatic carbocycles. The Morgan fingerprint density at radius 3 is 2.83 bits per heavy atom. The SMILES string of the molecule is CCCCC(CC)CNC(=O)C1CCC(=O)NC1. The highest BCUT2D eigenvalue weighted by Crippen LogP contribution is 2.13. The van der Waals surface area contributed by atoms with Crippen molar-refractivity contribution in [1.29, 1.82) is 0 Å². The molecule has 0 bridgehead atoms. The largest absolute Gasteiger partial charge is 0.356 e. The van der Waals surface area contributed by atoms with Crippen molar-refractivity contribution in [3.63, 3.8) is 0 Å². The van der Waals surface area contributed by atoms with Gasteiger partial charge in [-0.1, -0.05) is 33.1 Å². The van der Waals surface area contributed by atoms with Crippen LogP contribution in [0.3, 0.4) is 0 Å². The number of nitrogens with one attached hydrogen (secondary N) is 2. The molecule has 4 nitrogen and oxygen atoms in total. The molecule has 0 aromatic heterocycles. The van der Waals surface area contributed by atoms with E-state index in [0.717, 1.165) is 13.0 Å². The topological polar surface area (TPSA) is 58.2 Å². The highest BCUT2D eigenvalue weighted by molar-refractivity contribution is 5.83. The number of hydrogen-bond acceptors (Lipinski definition) is 2. The van der Waals surface area contributed by atoms with Gasteiger partial charge in [-0.25, -0.2) is 0 Å². The van der Waals surface area contributed by atoms with Crippen LogP contribution in [-0.4, -0.2) is 24.9 Å². The molecule has 2 atom stereocenters. The quantitative estimate of drug-likeness (QED) is 0.728. The minimum Gasteiger partial charge on any atom is -0.356 e. The van der Waals surface area contributed by atoms with Gasteiger partial charge in [0.2, 0.25) is 11.8 Å². The highest BCUT2D eigenvalue weighted by Gasteiger charge is 2.24. The number of piperidine rings is 1. The molecule has 2 amide bonds. The lowest BCUT2D eigenvalue weighted by Gasteiger charge is -2.23. The number of unbranched alkanes of at least 4 members (excludes halogenated alkanes) is 1. The van der Waals surface area contributed by atoms with Crippen molar-refractivity contribution in [3.8, 4) is 0 Å². The van der Waals surface area contributed by atoms with E-state index in [1.165, 1.54) is 19.3 Å². The van der Waals surface area contributed by atoms with Gasteiger partial charge in [0.1, 0.15) is 0 Å². The van der Waals surface area contributed by atoms with E-state index in [9.17, 15) is 9.59 Å². The second-order valence-corrected chi connectivity index (χ2v) is 5.20. The molecule has 0 saturated carbocycles. The third kappa shape index (κ3) is 5.07. The van der Waals surface area contributed by atoms with Crippen molar-refractivity contribution in [1.82, 2.24) is 10.6 Å². The number of rotatable bonds is 7. The molecule has 2 unspecified atom stereocenters. The minimum atomic E-state index is -0.0358. The lowest BCUT2D eigenvalue weighted by Crippen LogP contribution is -2.44.